The number of carbonyl (C=O) groups is 2. The van der Waals surface area contributed by atoms with Gasteiger partial charge in [0.2, 0.25) is 0 Å². The summed E-state index contributed by atoms with van der Waals surface area (Å²) in [5.41, 5.74) is 1.44. The van der Waals surface area contributed by atoms with Crippen molar-refractivity contribution < 1.29 is 14.3 Å². The molecule has 138 valence electrons. The predicted octanol–water partition coefficient (Wildman–Crippen LogP) is 5.55. The average molecular weight is 421 g/mol. The molecule has 0 fully saturated rings. The van der Waals surface area contributed by atoms with Gasteiger partial charge in [-0.05, 0) is 42.8 Å². The number of esters is 1. The van der Waals surface area contributed by atoms with Crippen LogP contribution in [-0.4, -0.2) is 23.5 Å². The highest BCUT2D eigenvalue weighted by molar-refractivity contribution is 7.18. The van der Waals surface area contributed by atoms with Crippen LogP contribution in [0.3, 0.4) is 0 Å². The maximum atomic E-state index is 12.6. The van der Waals surface area contributed by atoms with Gasteiger partial charge in [0.1, 0.15) is 10.0 Å². The Balaban J connectivity index is 1.97. The van der Waals surface area contributed by atoms with Gasteiger partial charge in [0.05, 0.1) is 17.9 Å². The Morgan fingerprint density at radius 2 is 1.93 bits per heavy atom. The van der Waals surface area contributed by atoms with E-state index < -0.39 is 11.9 Å². The monoisotopic (exact) mass is 420 g/mol. The largest absolute Gasteiger partial charge is 0.462 e. The normalized spacial score (nSPS) is 10.5. The number of rotatable bonds is 5. The zero-order valence-corrected chi connectivity index (χ0v) is 16.5. The number of benzene rings is 1. The van der Waals surface area contributed by atoms with Crippen LogP contribution < -0.4 is 5.32 Å². The Labute approximate surface area is 169 Å². The van der Waals surface area contributed by atoms with E-state index in [1.165, 1.54) is 17.5 Å². The van der Waals surface area contributed by atoms with Gasteiger partial charge in [0.25, 0.3) is 5.91 Å². The van der Waals surface area contributed by atoms with Gasteiger partial charge in [0, 0.05) is 16.1 Å². The molecule has 0 bridgehead atoms. The summed E-state index contributed by atoms with van der Waals surface area (Å²) in [5.74, 6) is -0.964. The lowest BCUT2D eigenvalue weighted by atomic mass is 10.2. The second kappa shape index (κ2) is 8.52. The number of nitrogens with zero attached hydrogens (tertiary/aromatic N) is 1. The maximum Gasteiger partial charge on any atom is 0.350 e. The minimum atomic E-state index is -0.504. The number of thiophene rings is 1. The van der Waals surface area contributed by atoms with Gasteiger partial charge >= 0.3 is 5.97 Å². The highest BCUT2D eigenvalue weighted by Crippen LogP contribution is 2.36. The molecule has 3 rings (SSSR count). The van der Waals surface area contributed by atoms with Gasteiger partial charge < -0.3 is 10.1 Å². The first-order chi connectivity index (χ1) is 13.0. The van der Waals surface area contributed by atoms with E-state index in [4.69, 9.17) is 27.9 Å². The molecule has 27 heavy (non-hydrogen) atoms. The van der Waals surface area contributed by atoms with Crippen LogP contribution in [0.1, 0.15) is 27.0 Å². The molecule has 0 saturated carbocycles. The summed E-state index contributed by atoms with van der Waals surface area (Å²) in [6.07, 6.45) is 1.49. The van der Waals surface area contributed by atoms with Gasteiger partial charge in [0.15, 0.2) is 0 Å². The summed E-state index contributed by atoms with van der Waals surface area (Å²) in [6.45, 7) is 1.95. The minimum Gasteiger partial charge on any atom is -0.462 e. The van der Waals surface area contributed by atoms with Crippen molar-refractivity contribution in [2.75, 3.05) is 11.9 Å². The molecular formula is C19H14Cl2N2O3S. The summed E-state index contributed by atoms with van der Waals surface area (Å²) in [7, 11) is 0. The third kappa shape index (κ3) is 4.47. The number of hydrogen-bond acceptors (Lipinski definition) is 5. The summed E-state index contributed by atoms with van der Waals surface area (Å²) in [5, 5.41) is 3.42. The molecule has 0 unspecified atom stereocenters. The molecule has 0 saturated heterocycles. The highest BCUT2D eigenvalue weighted by Gasteiger charge is 2.21. The Morgan fingerprint density at radius 3 is 2.59 bits per heavy atom. The van der Waals surface area contributed by atoms with Crippen LogP contribution in [0.5, 0.6) is 0 Å². The molecule has 3 aromatic rings. The molecule has 0 atom stereocenters. The first-order valence-corrected chi connectivity index (χ1v) is 9.55. The fourth-order valence-electron chi connectivity index (χ4n) is 2.33. The summed E-state index contributed by atoms with van der Waals surface area (Å²) >= 11 is 13.1. The van der Waals surface area contributed by atoms with E-state index in [-0.39, 0.29) is 17.3 Å². The average Bonchev–Trinajstić information content (AvgIpc) is 3.06. The van der Waals surface area contributed by atoms with Crippen molar-refractivity contribution in [1.29, 1.82) is 0 Å². The predicted molar refractivity (Wildman–Crippen MR) is 108 cm³/mol. The number of nitrogens with one attached hydrogen (secondary N) is 1. The van der Waals surface area contributed by atoms with Crippen LogP contribution in [0.2, 0.25) is 10.2 Å². The van der Waals surface area contributed by atoms with E-state index in [0.29, 0.717) is 15.6 Å². The van der Waals surface area contributed by atoms with E-state index in [1.807, 2.05) is 12.1 Å². The quantitative estimate of drug-likeness (QED) is 0.434. The van der Waals surface area contributed by atoms with Crippen molar-refractivity contribution in [2.24, 2.45) is 0 Å². The number of carbonyl (C=O) groups excluding carboxylic acids is 2. The molecule has 0 aliphatic rings. The summed E-state index contributed by atoms with van der Waals surface area (Å²) in [6, 6.07) is 12.1. The number of aromatic nitrogens is 1. The van der Waals surface area contributed by atoms with Crippen molar-refractivity contribution in [2.45, 2.75) is 6.92 Å². The zero-order valence-electron chi connectivity index (χ0n) is 14.2. The van der Waals surface area contributed by atoms with Crippen LogP contribution in [-0.2, 0) is 4.74 Å². The van der Waals surface area contributed by atoms with Gasteiger partial charge in [-0.3, -0.25) is 4.79 Å². The highest BCUT2D eigenvalue weighted by atomic mass is 35.5. The van der Waals surface area contributed by atoms with Crippen LogP contribution in [0.25, 0.3) is 10.4 Å². The summed E-state index contributed by atoms with van der Waals surface area (Å²) < 4.78 is 5.11. The third-order valence-corrected chi connectivity index (χ3v) is 5.29. The molecule has 0 aliphatic heterocycles. The van der Waals surface area contributed by atoms with Crippen molar-refractivity contribution in [3.63, 3.8) is 0 Å². The minimum absolute atomic E-state index is 0.0841. The molecule has 2 aromatic heterocycles. The Morgan fingerprint density at radius 1 is 1.19 bits per heavy atom. The Hall–Kier alpha value is -2.41. The van der Waals surface area contributed by atoms with E-state index in [1.54, 1.807) is 37.3 Å². The zero-order chi connectivity index (χ0) is 19.4. The molecule has 0 radical (unpaired) electrons. The van der Waals surface area contributed by atoms with E-state index in [0.717, 1.165) is 10.4 Å². The van der Waals surface area contributed by atoms with E-state index >= 15 is 0 Å². The van der Waals surface area contributed by atoms with E-state index in [9.17, 15) is 9.59 Å². The molecule has 2 heterocycles. The van der Waals surface area contributed by atoms with Crippen LogP contribution in [0, 0.1) is 0 Å². The number of pyridine rings is 1. The molecule has 5 nitrogen and oxygen atoms in total. The number of ether oxygens (including phenoxy) is 1. The topological polar surface area (TPSA) is 68.3 Å². The first kappa shape index (κ1) is 19.4. The fourth-order valence-corrected chi connectivity index (χ4v) is 3.68. The van der Waals surface area contributed by atoms with Crippen LogP contribution in [0.15, 0.2) is 48.7 Å². The smallest absolute Gasteiger partial charge is 0.350 e. The third-order valence-electron chi connectivity index (χ3n) is 3.57. The number of halogens is 2. The standard InChI is InChI=1S/C19H14Cl2N2O3S/c1-2-26-19(25)16-14(23-18(24)13-4-3-9-22-17(13)21)10-15(27-16)11-5-7-12(20)8-6-11/h3-10H,2H2,1H3,(H,23,24). The molecule has 8 heteroatoms. The number of anilines is 1. The Kier molecular flexibility index (Phi) is 6.11. The molecule has 0 aliphatic carbocycles. The van der Waals surface area contributed by atoms with Crippen molar-refractivity contribution in [3.05, 3.63) is 69.3 Å². The Bertz CT molecular complexity index is 987. The van der Waals surface area contributed by atoms with Gasteiger partial charge in [-0.2, -0.15) is 0 Å². The lowest BCUT2D eigenvalue weighted by Crippen LogP contribution is -2.15. The molecule has 1 N–H and O–H groups in total. The molecule has 1 amide bonds. The molecular weight excluding hydrogens is 407 g/mol. The molecule has 1 aromatic carbocycles. The van der Waals surface area contributed by atoms with E-state index in [2.05, 4.69) is 10.3 Å². The lowest BCUT2D eigenvalue weighted by Gasteiger charge is -2.06. The van der Waals surface area contributed by atoms with Gasteiger partial charge in [-0.15, -0.1) is 11.3 Å². The second-order valence-corrected chi connectivity index (χ2v) is 7.22. The van der Waals surface area contributed by atoms with Crippen molar-refractivity contribution >= 4 is 52.1 Å². The second-order valence-electron chi connectivity index (χ2n) is 5.38. The van der Waals surface area contributed by atoms with Crippen LogP contribution in [0.4, 0.5) is 5.69 Å². The van der Waals surface area contributed by atoms with Gasteiger partial charge in [-0.25, -0.2) is 9.78 Å². The van der Waals surface area contributed by atoms with Crippen molar-refractivity contribution in [1.82, 2.24) is 4.98 Å². The van der Waals surface area contributed by atoms with Crippen LogP contribution >= 0.6 is 34.5 Å². The lowest BCUT2D eigenvalue weighted by molar-refractivity contribution is 0.0533. The fraction of sp³-hybridized carbons (Fsp3) is 0.105. The van der Waals surface area contributed by atoms with Crippen molar-refractivity contribution in [3.8, 4) is 10.4 Å². The first-order valence-electron chi connectivity index (χ1n) is 7.98. The number of amides is 1. The van der Waals surface area contributed by atoms with Gasteiger partial charge in [-0.1, -0.05) is 35.3 Å². The molecule has 0 spiro atoms. The number of hydrogen-bond donors (Lipinski definition) is 1. The maximum absolute atomic E-state index is 12.6. The SMILES string of the molecule is CCOC(=O)c1sc(-c2ccc(Cl)cc2)cc1NC(=O)c1cccnc1Cl. The summed E-state index contributed by atoms with van der Waals surface area (Å²) in [4.78, 5) is 29.9.